The van der Waals surface area contributed by atoms with Crippen molar-refractivity contribution >= 4 is 81.3 Å². The standard InChI is InChI=1S/C52H33NOS/c1-3-13-36(14-4-1)42-29-30-47(52-50(42)45-20-11-19-43(51(45)54-52)37-15-5-2-6-16-37)53(41-28-31-49-46(33-41)44-18-9-10-21-48(44)55-49)40-26-24-35(25-27-40)39-23-22-34-12-7-8-17-38(34)32-39/h1-33H. The van der Waals surface area contributed by atoms with Gasteiger partial charge in [0.1, 0.15) is 5.58 Å². The first-order chi connectivity index (χ1) is 27.3. The average molecular weight is 720 g/mol. The molecule has 0 saturated carbocycles. The summed E-state index contributed by atoms with van der Waals surface area (Å²) in [5.41, 5.74) is 11.8. The van der Waals surface area contributed by atoms with Gasteiger partial charge in [0.05, 0.1) is 5.69 Å². The number of thiophene rings is 1. The van der Waals surface area contributed by atoms with E-state index in [2.05, 4.69) is 205 Å². The Morgan fingerprint density at radius 2 is 1.02 bits per heavy atom. The van der Waals surface area contributed by atoms with E-state index in [0.717, 1.165) is 61.3 Å². The molecule has 2 heterocycles. The minimum Gasteiger partial charge on any atom is -0.453 e. The Labute approximate surface area is 322 Å². The van der Waals surface area contributed by atoms with Crippen LogP contribution in [0.1, 0.15) is 0 Å². The quantitative estimate of drug-likeness (QED) is 0.170. The molecule has 55 heavy (non-hydrogen) atoms. The molecule has 0 N–H and O–H groups in total. The second-order valence-corrected chi connectivity index (χ2v) is 15.2. The van der Waals surface area contributed by atoms with Crippen LogP contribution >= 0.6 is 11.3 Å². The van der Waals surface area contributed by atoms with Gasteiger partial charge in [-0.05, 0) is 87.1 Å². The van der Waals surface area contributed by atoms with Crippen molar-refractivity contribution in [2.45, 2.75) is 0 Å². The molecule has 0 amide bonds. The van der Waals surface area contributed by atoms with Gasteiger partial charge in [-0.25, -0.2) is 0 Å². The van der Waals surface area contributed by atoms with Gasteiger partial charge >= 0.3 is 0 Å². The van der Waals surface area contributed by atoms with Crippen molar-refractivity contribution in [2.75, 3.05) is 4.90 Å². The zero-order chi connectivity index (χ0) is 36.3. The van der Waals surface area contributed by atoms with Gasteiger partial charge in [0.2, 0.25) is 0 Å². The van der Waals surface area contributed by atoms with Gasteiger partial charge in [-0.2, -0.15) is 0 Å². The fraction of sp³-hybridized carbons (Fsp3) is 0. The smallest absolute Gasteiger partial charge is 0.160 e. The molecule has 0 atom stereocenters. The van der Waals surface area contributed by atoms with E-state index in [0.29, 0.717) is 0 Å². The number of furan rings is 1. The van der Waals surface area contributed by atoms with E-state index in [1.54, 1.807) is 0 Å². The third kappa shape index (κ3) is 5.32. The fourth-order valence-electron chi connectivity index (χ4n) is 8.22. The summed E-state index contributed by atoms with van der Waals surface area (Å²) in [6.45, 7) is 0. The number of hydrogen-bond acceptors (Lipinski definition) is 3. The molecule has 3 heteroatoms. The minimum atomic E-state index is 0.855. The lowest BCUT2D eigenvalue weighted by Gasteiger charge is -2.26. The third-order valence-electron chi connectivity index (χ3n) is 10.9. The highest BCUT2D eigenvalue weighted by Gasteiger charge is 2.24. The van der Waals surface area contributed by atoms with Gasteiger partial charge < -0.3 is 9.32 Å². The predicted molar refractivity (Wildman–Crippen MR) is 235 cm³/mol. The number of benzene rings is 9. The van der Waals surface area contributed by atoms with E-state index >= 15 is 0 Å². The molecule has 0 aliphatic carbocycles. The van der Waals surface area contributed by atoms with Gasteiger partial charge in [0.25, 0.3) is 0 Å². The SMILES string of the molecule is c1ccc(-c2cccc3c2oc2c(N(c4ccc(-c5ccc6ccccc6c5)cc4)c4ccc5sc6ccccc6c5c4)ccc(-c4ccccc4)c23)cc1. The molecule has 258 valence electrons. The fourth-order valence-corrected chi connectivity index (χ4v) is 9.31. The van der Waals surface area contributed by atoms with Crippen molar-refractivity contribution < 1.29 is 4.42 Å². The molecule has 0 aliphatic rings. The maximum absolute atomic E-state index is 7.19. The van der Waals surface area contributed by atoms with Crippen molar-refractivity contribution in [3.63, 3.8) is 0 Å². The molecule has 0 spiro atoms. The molecule has 0 radical (unpaired) electrons. The maximum Gasteiger partial charge on any atom is 0.160 e. The van der Waals surface area contributed by atoms with Crippen LogP contribution in [0.25, 0.3) is 86.3 Å². The highest BCUT2D eigenvalue weighted by molar-refractivity contribution is 7.25. The third-order valence-corrected chi connectivity index (χ3v) is 12.0. The number of para-hydroxylation sites is 1. The van der Waals surface area contributed by atoms with E-state index < -0.39 is 0 Å². The molecule has 2 aromatic heterocycles. The Morgan fingerprint density at radius 3 is 1.84 bits per heavy atom. The highest BCUT2D eigenvalue weighted by Crippen LogP contribution is 2.48. The summed E-state index contributed by atoms with van der Waals surface area (Å²) in [5.74, 6) is 0. The van der Waals surface area contributed by atoms with Crippen LogP contribution in [0, 0.1) is 0 Å². The Hall–Kier alpha value is -6.94. The topological polar surface area (TPSA) is 16.4 Å². The summed E-state index contributed by atoms with van der Waals surface area (Å²) in [4.78, 5) is 2.37. The summed E-state index contributed by atoms with van der Waals surface area (Å²) in [7, 11) is 0. The van der Waals surface area contributed by atoms with Crippen molar-refractivity contribution in [3.8, 4) is 33.4 Å². The van der Waals surface area contributed by atoms with Crippen LogP contribution in [0.3, 0.4) is 0 Å². The van der Waals surface area contributed by atoms with E-state index in [9.17, 15) is 0 Å². The molecule has 0 unspecified atom stereocenters. The Morgan fingerprint density at radius 1 is 0.364 bits per heavy atom. The zero-order valence-electron chi connectivity index (χ0n) is 29.8. The summed E-state index contributed by atoms with van der Waals surface area (Å²) in [6, 6.07) is 72.1. The molecule has 11 aromatic rings. The van der Waals surface area contributed by atoms with Gasteiger partial charge in [-0.1, -0.05) is 152 Å². The summed E-state index contributed by atoms with van der Waals surface area (Å²) >= 11 is 1.84. The Bertz CT molecular complexity index is 3190. The molecule has 11 rings (SSSR count). The van der Waals surface area contributed by atoms with Crippen LogP contribution in [-0.4, -0.2) is 0 Å². The van der Waals surface area contributed by atoms with Crippen LogP contribution < -0.4 is 4.90 Å². The second-order valence-electron chi connectivity index (χ2n) is 14.1. The monoisotopic (exact) mass is 719 g/mol. The van der Waals surface area contributed by atoms with Crippen molar-refractivity contribution in [2.24, 2.45) is 0 Å². The first-order valence-electron chi connectivity index (χ1n) is 18.7. The molecule has 2 nitrogen and oxygen atoms in total. The van der Waals surface area contributed by atoms with Crippen LogP contribution in [0.4, 0.5) is 17.1 Å². The Balaban J connectivity index is 1.17. The minimum absolute atomic E-state index is 0.855. The lowest BCUT2D eigenvalue weighted by atomic mass is 9.96. The summed E-state index contributed by atoms with van der Waals surface area (Å²) in [5, 5.41) is 7.22. The van der Waals surface area contributed by atoms with Crippen LogP contribution in [0.2, 0.25) is 0 Å². The van der Waals surface area contributed by atoms with Crippen LogP contribution in [-0.2, 0) is 0 Å². The van der Waals surface area contributed by atoms with Crippen molar-refractivity contribution in [1.82, 2.24) is 0 Å². The summed E-state index contributed by atoms with van der Waals surface area (Å²) in [6.07, 6.45) is 0. The lowest BCUT2D eigenvalue weighted by molar-refractivity contribution is 0.670. The number of fused-ring (bicyclic) bond motifs is 7. The van der Waals surface area contributed by atoms with Crippen LogP contribution in [0.5, 0.6) is 0 Å². The van der Waals surface area contributed by atoms with Crippen LogP contribution in [0.15, 0.2) is 205 Å². The van der Waals surface area contributed by atoms with Gasteiger partial charge in [-0.3, -0.25) is 0 Å². The highest BCUT2D eigenvalue weighted by atomic mass is 32.1. The molecule has 0 saturated heterocycles. The van der Waals surface area contributed by atoms with Gasteiger partial charge in [-0.15, -0.1) is 11.3 Å². The van der Waals surface area contributed by atoms with Gasteiger partial charge in [0, 0.05) is 47.9 Å². The first-order valence-corrected chi connectivity index (χ1v) is 19.5. The molecular formula is C52H33NOS. The number of hydrogen-bond donors (Lipinski definition) is 0. The molecule has 0 aliphatic heterocycles. The zero-order valence-corrected chi connectivity index (χ0v) is 30.6. The van der Waals surface area contributed by atoms with Gasteiger partial charge in [0.15, 0.2) is 5.58 Å². The summed E-state index contributed by atoms with van der Waals surface area (Å²) < 4.78 is 9.76. The predicted octanol–water partition coefficient (Wildman–Crippen LogP) is 15.6. The molecule has 0 bridgehead atoms. The maximum atomic E-state index is 7.19. The lowest BCUT2D eigenvalue weighted by Crippen LogP contribution is -2.10. The number of anilines is 3. The molecular weight excluding hydrogens is 687 g/mol. The molecule has 9 aromatic carbocycles. The van der Waals surface area contributed by atoms with E-state index in [4.69, 9.17) is 4.42 Å². The normalized spacial score (nSPS) is 11.6. The van der Waals surface area contributed by atoms with E-state index in [-0.39, 0.29) is 0 Å². The first kappa shape index (κ1) is 31.6. The Kier molecular flexibility index (Phi) is 7.39. The number of rotatable bonds is 6. The van der Waals surface area contributed by atoms with E-state index in [1.807, 2.05) is 11.3 Å². The van der Waals surface area contributed by atoms with Crippen molar-refractivity contribution in [1.29, 1.82) is 0 Å². The second kappa shape index (κ2) is 12.9. The largest absolute Gasteiger partial charge is 0.453 e. The average Bonchev–Trinajstić information content (AvgIpc) is 3.84. The van der Waals surface area contributed by atoms with E-state index in [1.165, 1.54) is 42.1 Å². The molecule has 0 fully saturated rings. The number of nitrogens with zero attached hydrogens (tertiary/aromatic N) is 1. The van der Waals surface area contributed by atoms with Crippen molar-refractivity contribution in [3.05, 3.63) is 200 Å².